The van der Waals surface area contributed by atoms with Gasteiger partial charge in [-0.25, -0.2) is 4.39 Å². The van der Waals surface area contributed by atoms with Crippen LogP contribution >= 0.6 is 0 Å². The Hall–Kier alpha value is -2.37. The number of ether oxygens (including phenoxy) is 2. The van der Waals surface area contributed by atoms with Crippen LogP contribution in [0.3, 0.4) is 0 Å². The SMILES string of the molecule is O=[N+]([O-])/C(=C\c1ccc(F)cc1)CC1OC=CO1. The van der Waals surface area contributed by atoms with Crippen LogP contribution in [-0.4, -0.2) is 11.2 Å². The van der Waals surface area contributed by atoms with Gasteiger partial charge in [-0.05, 0) is 17.7 Å². The van der Waals surface area contributed by atoms with E-state index >= 15 is 0 Å². The molecule has 0 fully saturated rings. The molecule has 2 rings (SSSR count). The number of benzene rings is 1. The molecule has 0 N–H and O–H groups in total. The molecule has 0 atom stereocenters. The third-order valence-corrected chi connectivity index (χ3v) is 2.33. The molecule has 1 aromatic rings. The van der Waals surface area contributed by atoms with Gasteiger partial charge in [0.2, 0.25) is 6.29 Å². The Morgan fingerprint density at radius 1 is 1.33 bits per heavy atom. The van der Waals surface area contributed by atoms with Gasteiger partial charge in [-0.1, -0.05) is 12.1 Å². The highest BCUT2D eigenvalue weighted by Gasteiger charge is 2.22. The zero-order valence-electron chi connectivity index (χ0n) is 9.28. The van der Waals surface area contributed by atoms with E-state index < -0.39 is 11.2 Å². The van der Waals surface area contributed by atoms with Crippen LogP contribution in [0.25, 0.3) is 6.08 Å². The molecule has 1 aromatic carbocycles. The molecule has 1 aliphatic rings. The highest BCUT2D eigenvalue weighted by Crippen LogP contribution is 2.18. The second-order valence-corrected chi connectivity index (χ2v) is 3.62. The van der Waals surface area contributed by atoms with Crippen LogP contribution in [0, 0.1) is 15.9 Å². The van der Waals surface area contributed by atoms with E-state index in [1.807, 2.05) is 0 Å². The molecular weight excluding hydrogens is 241 g/mol. The lowest BCUT2D eigenvalue weighted by molar-refractivity contribution is -0.429. The fourth-order valence-corrected chi connectivity index (χ4v) is 1.48. The molecule has 0 radical (unpaired) electrons. The lowest BCUT2D eigenvalue weighted by Gasteiger charge is -2.07. The quantitative estimate of drug-likeness (QED) is 0.609. The average molecular weight is 251 g/mol. The largest absolute Gasteiger partial charge is 0.459 e. The highest BCUT2D eigenvalue weighted by atomic mass is 19.1. The first-order valence-corrected chi connectivity index (χ1v) is 5.21. The summed E-state index contributed by atoms with van der Waals surface area (Å²) >= 11 is 0. The van der Waals surface area contributed by atoms with E-state index in [9.17, 15) is 14.5 Å². The Bertz CT molecular complexity index is 487. The van der Waals surface area contributed by atoms with Gasteiger partial charge in [0.25, 0.3) is 5.70 Å². The molecule has 6 heteroatoms. The summed E-state index contributed by atoms with van der Waals surface area (Å²) in [5.74, 6) is -0.388. The number of halogens is 1. The summed E-state index contributed by atoms with van der Waals surface area (Å²) in [5.41, 5.74) is 0.490. The molecule has 5 nitrogen and oxygen atoms in total. The lowest BCUT2D eigenvalue weighted by atomic mass is 10.1. The van der Waals surface area contributed by atoms with Crippen LogP contribution in [0.5, 0.6) is 0 Å². The van der Waals surface area contributed by atoms with Gasteiger partial charge in [-0.2, -0.15) is 0 Å². The van der Waals surface area contributed by atoms with Gasteiger partial charge in [0.15, 0.2) is 0 Å². The van der Waals surface area contributed by atoms with Gasteiger partial charge in [-0.3, -0.25) is 10.1 Å². The van der Waals surface area contributed by atoms with Crippen LogP contribution in [0.4, 0.5) is 4.39 Å². The molecule has 0 saturated heterocycles. The molecule has 0 bridgehead atoms. The van der Waals surface area contributed by atoms with Gasteiger partial charge in [-0.15, -0.1) is 0 Å². The van der Waals surface area contributed by atoms with Crippen molar-refractivity contribution in [2.24, 2.45) is 0 Å². The summed E-state index contributed by atoms with van der Waals surface area (Å²) in [5, 5.41) is 10.9. The number of nitrogens with zero attached hydrogens (tertiary/aromatic N) is 1. The number of nitro groups is 1. The smallest absolute Gasteiger partial charge is 0.254 e. The maximum absolute atomic E-state index is 12.7. The predicted molar refractivity (Wildman–Crippen MR) is 61.1 cm³/mol. The maximum Gasteiger partial charge on any atom is 0.254 e. The van der Waals surface area contributed by atoms with E-state index in [1.165, 1.54) is 42.9 Å². The fraction of sp³-hybridized carbons (Fsp3) is 0.167. The first-order valence-electron chi connectivity index (χ1n) is 5.21. The molecule has 1 aliphatic heterocycles. The van der Waals surface area contributed by atoms with Crippen molar-refractivity contribution < 1.29 is 18.8 Å². The first-order chi connectivity index (χ1) is 8.65. The molecule has 0 saturated carbocycles. The Balaban J connectivity index is 2.13. The standard InChI is InChI=1S/C12H10FNO4/c13-10-3-1-9(2-4-10)7-11(14(15)16)8-12-17-5-6-18-12/h1-7,12H,8H2/b11-7-. The van der Waals surface area contributed by atoms with Crippen molar-refractivity contribution >= 4 is 6.08 Å². The van der Waals surface area contributed by atoms with Crippen molar-refractivity contribution in [3.8, 4) is 0 Å². The van der Waals surface area contributed by atoms with E-state index in [-0.39, 0.29) is 17.9 Å². The van der Waals surface area contributed by atoms with Crippen LogP contribution in [0.1, 0.15) is 12.0 Å². The number of hydrogen-bond acceptors (Lipinski definition) is 4. The van der Waals surface area contributed by atoms with Crippen molar-refractivity contribution in [1.82, 2.24) is 0 Å². The third-order valence-electron chi connectivity index (χ3n) is 2.33. The number of rotatable bonds is 4. The zero-order chi connectivity index (χ0) is 13.0. The monoisotopic (exact) mass is 251 g/mol. The van der Waals surface area contributed by atoms with Crippen LogP contribution < -0.4 is 0 Å². The van der Waals surface area contributed by atoms with E-state index in [4.69, 9.17) is 9.47 Å². The van der Waals surface area contributed by atoms with Gasteiger partial charge < -0.3 is 9.47 Å². The average Bonchev–Trinajstić information content (AvgIpc) is 2.84. The zero-order valence-corrected chi connectivity index (χ0v) is 9.28. The molecule has 0 aromatic heterocycles. The normalized spacial score (nSPS) is 15.3. The summed E-state index contributed by atoms with van der Waals surface area (Å²) in [6, 6.07) is 5.42. The van der Waals surface area contributed by atoms with E-state index in [2.05, 4.69) is 0 Å². The molecule has 0 spiro atoms. The van der Waals surface area contributed by atoms with Gasteiger partial charge in [0, 0.05) is 6.08 Å². The van der Waals surface area contributed by atoms with Crippen LogP contribution in [0.2, 0.25) is 0 Å². The summed E-state index contributed by atoms with van der Waals surface area (Å²) in [4.78, 5) is 10.4. The summed E-state index contributed by atoms with van der Waals surface area (Å²) in [7, 11) is 0. The number of hydrogen-bond donors (Lipinski definition) is 0. The second-order valence-electron chi connectivity index (χ2n) is 3.62. The topological polar surface area (TPSA) is 61.6 Å². The van der Waals surface area contributed by atoms with Gasteiger partial charge in [0.05, 0.1) is 4.92 Å². The first kappa shape index (κ1) is 12.1. The molecule has 0 amide bonds. The predicted octanol–water partition coefficient (Wildman–Crippen LogP) is 2.68. The van der Waals surface area contributed by atoms with E-state index in [1.54, 1.807) is 0 Å². The summed E-state index contributed by atoms with van der Waals surface area (Å²) in [6.45, 7) is 0. The summed E-state index contributed by atoms with van der Waals surface area (Å²) < 4.78 is 22.7. The maximum atomic E-state index is 12.7. The van der Waals surface area contributed by atoms with E-state index in [0.717, 1.165) is 0 Å². The minimum atomic E-state index is -0.679. The van der Waals surface area contributed by atoms with Crippen LogP contribution in [0.15, 0.2) is 42.5 Å². The van der Waals surface area contributed by atoms with Gasteiger partial charge >= 0.3 is 0 Å². The van der Waals surface area contributed by atoms with Crippen molar-refractivity contribution in [1.29, 1.82) is 0 Å². The molecule has 94 valence electrons. The Kier molecular flexibility index (Phi) is 3.57. The van der Waals surface area contributed by atoms with Gasteiger partial charge in [0.1, 0.15) is 24.8 Å². The fourth-order valence-electron chi connectivity index (χ4n) is 1.48. The van der Waals surface area contributed by atoms with Crippen molar-refractivity contribution in [2.75, 3.05) is 0 Å². The molecule has 0 unspecified atom stereocenters. The van der Waals surface area contributed by atoms with Crippen molar-refractivity contribution in [2.45, 2.75) is 12.7 Å². The second kappa shape index (κ2) is 5.31. The third kappa shape index (κ3) is 3.07. The summed E-state index contributed by atoms with van der Waals surface area (Å²) in [6.07, 6.45) is 3.37. The van der Waals surface area contributed by atoms with E-state index in [0.29, 0.717) is 5.56 Å². The molecule has 0 aliphatic carbocycles. The molecule has 1 heterocycles. The molecule has 18 heavy (non-hydrogen) atoms. The van der Waals surface area contributed by atoms with Crippen molar-refractivity contribution in [3.05, 3.63) is 64.0 Å². The highest BCUT2D eigenvalue weighted by molar-refractivity contribution is 5.50. The van der Waals surface area contributed by atoms with Crippen molar-refractivity contribution in [3.63, 3.8) is 0 Å². The lowest BCUT2D eigenvalue weighted by Crippen LogP contribution is -2.12. The Morgan fingerprint density at radius 2 is 1.94 bits per heavy atom. The Morgan fingerprint density at radius 3 is 2.50 bits per heavy atom. The minimum Gasteiger partial charge on any atom is -0.459 e. The van der Waals surface area contributed by atoms with Crippen LogP contribution in [-0.2, 0) is 9.47 Å². The minimum absolute atomic E-state index is 0.0113. The Labute approximate surface area is 102 Å². The molecular formula is C12H10FNO4.